The summed E-state index contributed by atoms with van der Waals surface area (Å²) in [5, 5.41) is 8.80. The first-order valence-corrected chi connectivity index (χ1v) is 2.85. The van der Waals surface area contributed by atoms with Crippen molar-refractivity contribution in [1.29, 1.82) is 5.41 Å². The summed E-state index contributed by atoms with van der Waals surface area (Å²) < 4.78 is 34.7. The van der Waals surface area contributed by atoms with E-state index in [0.717, 1.165) is 0 Å². The normalized spacial score (nSPS) is 14.2. The molecule has 0 heterocycles. The highest BCUT2D eigenvalue weighted by Gasteiger charge is 2.34. The molecule has 6 heteroatoms. The summed E-state index contributed by atoms with van der Waals surface area (Å²) in [7, 11) is 0. The molecule has 0 aliphatic rings. The second-order valence-electron chi connectivity index (χ2n) is 2.13. The lowest BCUT2D eigenvalue weighted by atomic mass is 10.1. The van der Waals surface area contributed by atoms with Crippen molar-refractivity contribution in [2.75, 3.05) is 0 Å². The van der Waals surface area contributed by atoms with Gasteiger partial charge >= 0.3 is 6.18 Å². The molecule has 0 amide bonds. The molecule has 0 aromatic carbocycles. The van der Waals surface area contributed by atoms with Crippen LogP contribution >= 0.6 is 0 Å². The average Bonchev–Trinajstić information content (AvgIpc) is 1.85. The van der Waals surface area contributed by atoms with Gasteiger partial charge in [0.15, 0.2) is 0 Å². The lowest BCUT2D eigenvalue weighted by Crippen LogP contribution is -2.24. The minimum absolute atomic E-state index is 0.646. The fraction of sp³-hybridized carbons (Fsp3) is 0.800. The molecule has 0 fully saturated rings. The maximum absolute atomic E-state index is 11.6. The third kappa shape index (κ3) is 3.69. The topological polar surface area (TPSA) is 53.3 Å². The predicted molar refractivity (Wildman–Crippen MR) is 33.7 cm³/mol. The van der Waals surface area contributed by atoms with Gasteiger partial charge < -0.3 is 5.41 Å². The summed E-state index contributed by atoms with van der Waals surface area (Å²) in [5.74, 6) is 0. The van der Waals surface area contributed by atoms with E-state index in [0.29, 0.717) is 0 Å². The van der Waals surface area contributed by atoms with Gasteiger partial charge in [-0.2, -0.15) is 18.1 Å². The molecule has 64 valence electrons. The van der Waals surface area contributed by atoms with Gasteiger partial charge in [-0.05, 0) is 6.92 Å². The fourth-order valence-electron chi connectivity index (χ4n) is 0.448. The molecule has 1 unspecified atom stereocenters. The number of nitrogens with one attached hydrogen (secondary N) is 1. The van der Waals surface area contributed by atoms with E-state index in [1.54, 1.807) is 0 Å². The second-order valence-corrected chi connectivity index (χ2v) is 2.13. The van der Waals surface area contributed by atoms with Gasteiger partial charge in [0.25, 0.3) is 0 Å². The van der Waals surface area contributed by atoms with Crippen molar-refractivity contribution >= 4 is 5.71 Å². The number of rotatable bonds is 3. The largest absolute Gasteiger partial charge is 0.428 e. The minimum Gasteiger partial charge on any atom is -0.300 e. The van der Waals surface area contributed by atoms with Gasteiger partial charge in [-0.3, -0.25) is 0 Å². The third-order valence-electron chi connectivity index (χ3n) is 1.02. The van der Waals surface area contributed by atoms with Gasteiger partial charge in [-0.15, -0.1) is 0 Å². The van der Waals surface area contributed by atoms with Gasteiger partial charge in [0.1, 0.15) is 5.71 Å². The van der Waals surface area contributed by atoms with E-state index in [1.807, 2.05) is 0 Å². The Hall–Kier alpha value is -0.940. The van der Waals surface area contributed by atoms with Crippen molar-refractivity contribution in [3.63, 3.8) is 0 Å². The van der Waals surface area contributed by atoms with Gasteiger partial charge in [0, 0.05) is 6.42 Å². The molecule has 3 nitrogen and oxygen atoms in total. The van der Waals surface area contributed by atoms with Crippen molar-refractivity contribution in [3.05, 3.63) is 4.91 Å². The van der Waals surface area contributed by atoms with Crippen LogP contribution in [-0.2, 0) is 0 Å². The zero-order chi connectivity index (χ0) is 9.07. The van der Waals surface area contributed by atoms with E-state index in [1.165, 1.54) is 6.92 Å². The summed E-state index contributed by atoms with van der Waals surface area (Å²) in [5.41, 5.74) is -1.41. The highest BCUT2D eigenvalue weighted by Crippen LogP contribution is 2.19. The molecule has 0 aliphatic heterocycles. The van der Waals surface area contributed by atoms with Gasteiger partial charge in [0.2, 0.25) is 0 Å². The molecule has 1 N–H and O–H groups in total. The van der Waals surface area contributed by atoms with Crippen LogP contribution in [0.2, 0.25) is 0 Å². The van der Waals surface area contributed by atoms with Crippen LogP contribution in [0.25, 0.3) is 0 Å². The van der Waals surface area contributed by atoms with Crippen molar-refractivity contribution in [1.82, 2.24) is 0 Å². The van der Waals surface area contributed by atoms with Crippen LogP contribution in [0.4, 0.5) is 13.2 Å². The summed E-state index contributed by atoms with van der Waals surface area (Å²) in [6.45, 7) is 1.23. The van der Waals surface area contributed by atoms with Crippen molar-refractivity contribution in [3.8, 4) is 0 Å². The van der Waals surface area contributed by atoms with Crippen molar-refractivity contribution < 1.29 is 13.2 Å². The fourth-order valence-corrected chi connectivity index (χ4v) is 0.448. The van der Waals surface area contributed by atoms with E-state index < -0.39 is 24.4 Å². The number of nitrogens with zero attached hydrogens (tertiary/aromatic N) is 1. The molecular weight excluding hydrogens is 161 g/mol. The monoisotopic (exact) mass is 168 g/mol. The summed E-state index contributed by atoms with van der Waals surface area (Å²) in [6, 6.07) is -0.982. The Labute approximate surface area is 61.1 Å². The number of nitroso groups, excluding NO2 is 1. The molecule has 11 heavy (non-hydrogen) atoms. The van der Waals surface area contributed by atoms with E-state index in [2.05, 4.69) is 5.18 Å². The molecule has 0 aromatic heterocycles. The molecule has 0 bridgehead atoms. The summed E-state index contributed by atoms with van der Waals surface area (Å²) in [4.78, 5) is 9.65. The zero-order valence-corrected chi connectivity index (χ0v) is 5.77. The minimum atomic E-state index is -4.63. The van der Waals surface area contributed by atoms with Gasteiger partial charge in [0.05, 0.1) is 6.04 Å². The van der Waals surface area contributed by atoms with Crippen LogP contribution < -0.4 is 0 Å². The lowest BCUT2D eigenvalue weighted by molar-refractivity contribution is -0.0614. The van der Waals surface area contributed by atoms with Crippen LogP contribution in [0.3, 0.4) is 0 Å². The van der Waals surface area contributed by atoms with E-state index >= 15 is 0 Å². The Morgan fingerprint density at radius 3 is 2.36 bits per heavy atom. The Bertz CT molecular complexity index is 166. The highest BCUT2D eigenvalue weighted by atomic mass is 19.4. The molecule has 1 atom stereocenters. The molecule has 0 aromatic rings. The Balaban J connectivity index is 3.98. The molecule has 0 saturated heterocycles. The average molecular weight is 168 g/mol. The van der Waals surface area contributed by atoms with Gasteiger partial charge in [-0.25, -0.2) is 0 Å². The Morgan fingerprint density at radius 1 is 1.64 bits per heavy atom. The first kappa shape index (κ1) is 10.1. The Kier molecular flexibility index (Phi) is 3.16. The maximum Gasteiger partial charge on any atom is 0.428 e. The first-order valence-electron chi connectivity index (χ1n) is 2.85. The van der Waals surface area contributed by atoms with Crippen molar-refractivity contribution in [2.24, 2.45) is 5.18 Å². The molecule has 0 spiro atoms. The van der Waals surface area contributed by atoms with Crippen LogP contribution in [0.1, 0.15) is 13.3 Å². The SMILES string of the molecule is CC(CC(=N)C(F)(F)F)N=O. The third-order valence-corrected chi connectivity index (χ3v) is 1.02. The van der Waals surface area contributed by atoms with E-state index in [4.69, 9.17) is 5.41 Å². The predicted octanol–water partition coefficient (Wildman–Crippen LogP) is 2.11. The molecule has 0 radical (unpaired) electrons. The lowest BCUT2D eigenvalue weighted by Gasteiger charge is -2.07. The molecule has 0 aliphatic carbocycles. The van der Waals surface area contributed by atoms with Crippen LogP contribution in [0.15, 0.2) is 5.18 Å². The molecule has 0 saturated carbocycles. The summed E-state index contributed by atoms with van der Waals surface area (Å²) >= 11 is 0. The second kappa shape index (κ2) is 3.45. The maximum atomic E-state index is 11.6. The Morgan fingerprint density at radius 2 is 2.09 bits per heavy atom. The first-order chi connectivity index (χ1) is 4.88. The molecule has 0 rings (SSSR count). The van der Waals surface area contributed by atoms with E-state index in [-0.39, 0.29) is 0 Å². The number of hydrogen-bond donors (Lipinski definition) is 1. The number of hydrogen-bond acceptors (Lipinski definition) is 3. The highest BCUT2D eigenvalue weighted by molar-refractivity contribution is 5.87. The standard InChI is InChI=1S/C5H7F3N2O/c1-3(10-11)2-4(9)5(6,7)8/h3,9H,2H2,1H3. The number of alkyl halides is 3. The van der Waals surface area contributed by atoms with Gasteiger partial charge in [-0.1, -0.05) is 5.18 Å². The summed E-state index contributed by atoms with van der Waals surface area (Å²) in [6.07, 6.45) is -5.27. The number of halogens is 3. The molecular formula is C5H7F3N2O. The zero-order valence-electron chi connectivity index (χ0n) is 5.77. The van der Waals surface area contributed by atoms with Crippen LogP contribution in [-0.4, -0.2) is 17.9 Å². The smallest absolute Gasteiger partial charge is 0.300 e. The van der Waals surface area contributed by atoms with Crippen molar-refractivity contribution in [2.45, 2.75) is 25.6 Å². The van der Waals surface area contributed by atoms with E-state index in [9.17, 15) is 18.1 Å². The van der Waals surface area contributed by atoms with Crippen LogP contribution in [0.5, 0.6) is 0 Å². The quantitative estimate of drug-likeness (QED) is 0.509. The van der Waals surface area contributed by atoms with Crippen LogP contribution in [0, 0.1) is 10.3 Å².